The van der Waals surface area contributed by atoms with Crippen molar-refractivity contribution in [2.75, 3.05) is 19.8 Å². The molecule has 162 valence electrons. The Morgan fingerprint density at radius 1 is 1.29 bits per heavy atom. The van der Waals surface area contributed by atoms with E-state index in [-0.39, 0.29) is 26.2 Å². The molecule has 0 saturated carbocycles. The molecule has 4 N–H and O–H groups in total. The van der Waals surface area contributed by atoms with Crippen molar-refractivity contribution < 1.29 is 19.4 Å². The normalized spacial score (nSPS) is 17.3. The first kappa shape index (κ1) is 22.1. The lowest BCUT2D eigenvalue weighted by molar-refractivity contribution is -0.126. The smallest absolute Gasteiger partial charge is 0.265 e. The van der Waals surface area contributed by atoms with Crippen LogP contribution in [-0.4, -0.2) is 42.3 Å². The van der Waals surface area contributed by atoms with Crippen molar-refractivity contribution in [2.24, 2.45) is 15.9 Å². The minimum Gasteiger partial charge on any atom is -0.494 e. The Hall–Kier alpha value is -3.59. The molecule has 1 amide bonds. The third-order valence-corrected chi connectivity index (χ3v) is 4.90. The van der Waals surface area contributed by atoms with Crippen molar-refractivity contribution in [3.05, 3.63) is 75.7 Å². The highest BCUT2D eigenvalue weighted by atomic mass is 16.5. The highest BCUT2D eigenvalue weighted by molar-refractivity contribution is 6.00. The van der Waals surface area contributed by atoms with Crippen LogP contribution in [0.15, 0.2) is 58.6 Å². The molecule has 10 nitrogen and oxygen atoms in total. The number of benzene rings is 2. The summed E-state index contributed by atoms with van der Waals surface area (Å²) in [7, 11) is 0. The second-order valence-corrected chi connectivity index (χ2v) is 7.00. The molecular formula is C21H24N6O4. The van der Waals surface area contributed by atoms with E-state index in [1.165, 1.54) is 0 Å². The van der Waals surface area contributed by atoms with Gasteiger partial charge < -0.3 is 14.6 Å². The summed E-state index contributed by atoms with van der Waals surface area (Å²) in [6.45, 7) is 0.681. The summed E-state index contributed by atoms with van der Waals surface area (Å²) in [6, 6.07) is 14.5. The van der Waals surface area contributed by atoms with E-state index in [1.807, 2.05) is 24.3 Å². The van der Waals surface area contributed by atoms with Crippen LogP contribution in [-0.2, 0) is 22.5 Å². The number of amides is 1. The van der Waals surface area contributed by atoms with Crippen molar-refractivity contribution in [1.29, 1.82) is 0 Å². The van der Waals surface area contributed by atoms with Gasteiger partial charge in [0, 0.05) is 29.9 Å². The van der Waals surface area contributed by atoms with Crippen molar-refractivity contribution in [2.45, 2.75) is 24.9 Å². The third-order valence-electron chi connectivity index (χ3n) is 4.90. The molecule has 1 atom stereocenters. The number of azide groups is 1. The van der Waals surface area contributed by atoms with Gasteiger partial charge in [0.05, 0.1) is 13.2 Å². The molecule has 0 aromatic heterocycles. The van der Waals surface area contributed by atoms with E-state index in [9.17, 15) is 4.79 Å². The summed E-state index contributed by atoms with van der Waals surface area (Å²) >= 11 is 0. The van der Waals surface area contributed by atoms with Crippen LogP contribution in [0.4, 0.5) is 0 Å². The van der Waals surface area contributed by atoms with Gasteiger partial charge in [-0.05, 0) is 40.9 Å². The molecular weight excluding hydrogens is 400 g/mol. The first-order chi connectivity index (χ1) is 15.1. The number of carbonyl (C=O) groups is 1. The Balaban J connectivity index is 1.85. The number of hydrazine groups is 1. The van der Waals surface area contributed by atoms with Gasteiger partial charge in [-0.15, -0.1) is 0 Å². The monoisotopic (exact) mass is 424 g/mol. The molecule has 10 heteroatoms. The molecule has 0 unspecified atom stereocenters. The maximum absolute atomic E-state index is 12.7. The Labute approximate surface area is 179 Å². The van der Waals surface area contributed by atoms with Crippen LogP contribution >= 0.6 is 0 Å². The number of nitrogens with one attached hydrogen (secondary N) is 1. The average molecular weight is 424 g/mol. The maximum Gasteiger partial charge on any atom is 0.265 e. The molecule has 0 bridgehead atoms. The van der Waals surface area contributed by atoms with Crippen molar-refractivity contribution in [3.8, 4) is 5.75 Å². The number of ether oxygens (including phenoxy) is 2. The minimum atomic E-state index is -1.24. The van der Waals surface area contributed by atoms with Crippen LogP contribution in [0.2, 0.25) is 0 Å². The topological polar surface area (TPSA) is 155 Å². The number of aliphatic hydroxyl groups excluding tert-OH is 1. The quantitative estimate of drug-likeness (QED) is 0.101. The Morgan fingerprint density at radius 3 is 2.71 bits per heavy atom. The predicted octanol–water partition coefficient (Wildman–Crippen LogP) is 2.01. The summed E-state index contributed by atoms with van der Waals surface area (Å²) in [4.78, 5) is 20.1. The van der Waals surface area contributed by atoms with Crippen molar-refractivity contribution >= 4 is 11.8 Å². The molecule has 2 aromatic carbocycles. The number of carbonyl (C=O) groups excluding carboxylic acids is 1. The summed E-state index contributed by atoms with van der Waals surface area (Å²) in [5.41, 5.74) is 11.9. The van der Waals surface area contributed by atoms with Crippen molar-refractivity contribution in [3.63, 3.8) is 0 Å². The molecule has 0 aliphatic carbocycles. The summed E-state index contributed by atoms with van der Waals surface area (Å²) in [5, 5.41) is 12.5. The zero-order valence-corrected chi connectivity index (χ0v) is 16.9. The fourth-order valence-corrected chi connectivity index (χ4v) is 3.27. The summed E-state index contributed by atoms with van der Waals surface area (Å²) in [5.74, 6) is 5.97. The molecule has 0 saturated heterocycles. The lowest BCUT2D eigenvalue weighted by Crippen LogP contribution is -2.51. The van der Waals surface area contributed by atoms with E-state index in [1.54, 1.807) is 24.3 Å². The minimum absolute atomic E-state index is 0.0238. The molecule has 31 heavy (non-hydrogen) atoms. The largest absolute Gasteiger partial charge is 0.494 e. The van der Waals surface area contributed by atoms with Crippen molar-refractivity contribution in [1.82, 2.24) is 5.43 Å². The number of nitrogens with zero attached hydrogens (tertiary/aromatic N) is 4. The highest BCUT2D eigenvalue weighted by Gasteiger charge is 2.44. The fraction of sp³-hybridized carbons (Fsp3) is 0.333. The van der Waals surface area contributed by atoms with Gasteiger partial charge in [-0.3, -0.25) is 10.2 Å². The van der Waals surface area contributed by atoms with Gasteiger partial charge in [0.1, 0.15) is 12.4 Å². The number of aliphatic imine (C=N–C) groups is 1. The van der Waals surface area contributed by atoms with Crippen LogP contribution < -0.4 is 16.0 Å². The predicted molar refractivity (Wildman–Crippen MR) is 114 cm³/mol. The maximum atomic E-state index is 12.7. The first-order valence-corrected chi connectivity index (χ1v) is 9.77. The van der Waals surface area contributed by atoms with E-state index in [0.29, 0.717) is 30.2 Å². The van der Waals surface area contributed by atoms with E-state index in [0.717, 1.165) is 11.1 Å². The molecule has 2 aromatic rings. The van der Waals surface area contributed by atoms with Crippen LogP contribution in [0.1, 0.15) is 23.1 Å². The number of aliphatic hydroxyl groups is 1. The van der Waals surface area contributed by atoms with E-state index in [2.05, 4.69) is 20.4 Å². The van der Waals surface area contributed by atoms with E-state index >= 15 is 0 Å². The van der Waals surface area contributed by atoms with Crippen LogP contribution in [0.3, 0.4) is 0 Å². The molecule has 1 heterocycles. The standard InChI is InChI=1S/C21H24N6O4/c22-26-20(29)21(12-16-4-1-2-5-17(16)13-24-27-23)14-31-19(25-21)15-6-8-18(9-7-15)30-11-3-10-28/h1-2,4-9,28H,3,10-14,22H2,(H,26,29)/t21-/m0/s1. The number of rotatable bonds is 10. The van der Waals surface area contributed by atoms with Crippen LogP contribution in [0, 0.1) is 0 Å². The fourth-order valence-electron chi connectivity index (χ4n) is 3.27. The summed E-state index contributed by atoms with van der Waals surface area (Å²) < 4.78 is 11.3. The lowest BCUT2D eigenvalue weighted by atomic mass is 9.89. The number of hydrogen-bond donors (Lipinski definition) is 3. The van der Waals surface area contributed by atoms with Gasteiger partial charge in [-0.25, -0.2) is 10.8 Å². The molecule has 1 aliphatic heterocycles. The Morgan fingerprint density at radius 2 is 2.03 bits per heavy atom. The van der Waals surface area contributed by atoms with Gasteiger partial charge >= 0.3 is 0 Å². The first-order valence-electron chi connectivity index (χ1n) is 9.77. The van der Waals surface area contributed by atoms with E-state index < -0.39 is 11.4 Å². The molecule has 3 rings (SSSR count). The molecule has 0 spiro atoms. The van der Waals surface area contributed by atoms with Gasteiger partial charge in [0.15, 0.2) is 5.54 Å². The Bertz CT molecular complexity index is 988. The number of hydrogen-bond acceptors (Lipinski definition) is 7. The molecule has 0 radical (unpaired) electrons. The molecule has 1 aliphatic rings. The second kappa shape index (κ2) is 10.4. The molecule has 0 fully saturated rings. The SMILES string of the molecule is [N-]=[N+]=NCc1ccccc1C[C@@]1(C(=O)NN)COC(c2ccc(OCCCO)cc2)=N1. The third kappa shape index (κ3) is 5.32. The lowest BCUT2D eigenvalue weighted by Gasteiger charge is -2.23. The zero-order valence-electron chi connectivity index (χ0n) is 16.9. The van der Waals surface area contributed by atoms with Gasteiger partial charge in [-0.2, -0.15) is 0 Å². The zero-order chi connectivity index (χ0) is 22.1. The average Bonchev–Trinajstić information content (AvgIpc) is 3.24. The van der Waals surface area contributed by atoms with Gasteiger partial charge in [0.25, 0.3) is 5.91 Å². The summed E-state index contributed by atoms with van der Waals surface area (Å²) in [6.07, 6.45) is 0.786. The van der Waals surface area contributed by atoms with Gasteiger partial charge in [-0.1, -0.05) is 29.4 Å². The van der Waals surface area contributed by atoms with E-state index in [4.69, 9.17) is 26.0 Å². The van der Waals surface area contributed by atoms with Crippen LogP contribution in [0.25, 0.3) is 10.4 Å². The highest BCUT2D eigenvalue weighted by Crippen LogP contribution is 2.29. The van der Waals surface area contributed by atoms with Gasteiger partial charge in [0.2, 0.25) is 5.90 Å². The number of nitrogens with two attached hydrogens (primary N) is 1. The second-order valence-electron chi connectivity index (χ2n) is 7.00. The Kier molecular flexibility index (Phi) is 7.45. The van der Waals surface area contributed by atoms with Crippen LogP contribution in [0.5, 0.6) is 5.75 Å².